The Kier molecular flexibility index (Phi) is 9.34. The van der Waals surface area contributed by atoms with Gasteiger partial charge in [0.1, 0.15) is 5.82 Å². The molecule has 0 spiro atoms. The van der Waals surface area contributed by atoms with Gasteiger partial charge in [-0.25, -0.2) is 9.92 Å². The predicted octanol–water partition coefficient (Wildman–Crippen LogP) is 6.29. The first-order valence-corrected chi connectivity index (χ1v) is 11.3. The van der Waals surface area contributed by atoms with E-state index in [1.807, 2.05) is 37.3 Å². The van der Waals surface area contributed by atoms with E-state index < -0.39 is 6.10 Å². The molecule has 1 atom stereocenters. The minimum absolute atomic E-state index is 0.0465. The summed E-state index contributed by atoms with van der Waals surface area (Å²) in [6.07, 6.45) is 5.59. The van der Waals surface area contributed by atoms with Crippen LogP contribution in [0.3, 0.4) is 0 Å². The van der Waals surface area contributed by atoms with Gasteiger partial charge in [0.25, 0.3) is 0 Å². The van der Waals surface area contributed by atoms with Gasteiger partial charge in [0.05, 0.1) is 25.5 Å². The molecule has 180 valence electrons. The van der Waals surface area contributed by atoms with Gasteiger partial charge in [-0.2, -0.15) is 5.11 Å². The summed E-state index contributed by atoms with van der Waals surface area (Å²) in [6.45, 7) is 3.12. The molecule has 0 unspecified atom stereocenters. The number of nitrogens with one attached hydrogen (secondary N) is 4. The van der Waals surface area contributed by atoms with Crippen LogP contribution in [0.25, 0.3) is 0 Å². The first-order valence-electron chi connectivity index (χ1n) is 11.3. The lowest BCUT2D eigenvalue weighted by Crippen LogP contribution is -2.12. The molecule has 1 aliphatic rings. The van der Waals surface area contributed by atoms with Gasteiger partial charge in [-0.05, 0) is 49.4 Å². The number of methoxy groups -OCH3 is 1. The van der Waals surface area contributed by atoms with E-state index >= 15 is 0 Å². The molecule has 2 aromatic rings. The van der Waals surface area contributed by atoms with E-state index in [0.29, 0.717) is 35.2 Å². The topological polar surface area (TPSA) is 103 Å². The Morgan fingerprint density at radius 2 is 2.00 bits per heavy atom. The molecule has 0 radical (unpaired) electrons. The van der Waals surface area contributed by atoms with Crippen LogP contribution < -0.4 is 10.6 Å². The van der Waals surface area contributed by atoms with E-state index in [1.165, 1.54) is 38.2 Å². The Bertz CT molecular complexity index is 1030. The van der Waals surface area contributed by atoms with E-state index in [-0.39, 0.29) is 18.1 Å². The summed E-state index contributed by atoms with van der Waals surface area (Å²) in [7, 11) is 1.42. The lowest BCUT2D eigenvalue weighted by Gasteiger charge is -2.20. The van der Waals surface area contributed by atoms with E-state index in [0.717, 1.165) is 12.1 Å². The molecule has 3 rings (SSSR count). The normalized spacial score (nSPS) is 14.9. The number of nitrogens with zero attached hydrogens (tertiary/aromatic N) is 1. The second-order valence-electron chi connectivity index (χ2n) is 8.31. The molecule has 2 aromatic carbocycles. The van der Waals surface area contributed by atoms with Gasteiger partial charge < -0.3 is 20.1 Å². The highest BCUT2D eigenvalue weighted by Gasteiger charge is 2.20. The maximum Gasteiger partial charge on any atom is 0.207 e. The van der Waals surface area contributed by atoms with Crippen molar-refractivity contribution in [3.05, 3.63) is 89.1 Å². The third-order valence-corrected chi connectivity index (χ3v) is 5.50. The molecule has 0 aliphatic heterocycles. The number of ether oxygens (including phenoxy) is 2. The second-order valence-corrected chi connectivity index (χ2v) is 8.31. The molecule has 1 saturated carbocycles. The Balaban J connectivity index is 1.77. The summed E-state index contributed by atoms with van der Waals surface area (Å²) in [5.74, 6) is 0.281. The lowest BCUT2D eigenvalue weighted by molar-refractivity contribution is 0.0528. The van der Waals surface area contributed by atoms with Crippen LogP contribution in [-0.4, -0.2) is 19.6 Å². The van der Waals surface area contributed by atoms with Crippen LogP contribution in [0.5, 0.6) is 0 Å². The molecule has 0 heterocycles. The Morgan fingerprint density at radius 3 is 2.68 bits per heavy atom. The van der Waals surface area contributed by atoms with Crippen molar-refractivity contribution in [3.63, 3.8) is 0 Å². The number of halogens is 1. The fourth-order valence-electron chi connectivity index (χ4n) is 3.37. The molecule has 1 aliphatic carbocycles. The Morgan fingerprint density at radius 1 is 1.24 bits per heavy atom. The van der Waals surface area contributed by atoms with Crippen LogP contribution in [0.1, 0.15) is 43.4 Å². The minimum atomic E-state index is -0.391. The van der Waals surface area contributed by atoms with Crippen molar-refractivity contribution in [3.8, 4) is 0 Å². The number of anilines is 1. The van der Waals surface area contributed by atoms with Crippen molar-refractivity contribution in [1.29, 1.82) is 10.9 Å². The molecule has 0 bridgehead atoms. The smallest absolute Gasteiger partial charge is 0.207 e. The first-order chi connectivity index (χ1) is 16.5. The number of rotatable bonds is 13. The quantitative estimate of drug-likeness (QED) is 0.159. The second kappa shape index (κ2) is 12.6. The molecule has 4 N–H and O–H groups in total. The molecule has 7 nitrogen and oxygen atoms in total. The zero-order chi connectivity index (χ0) is 24.3. The largest absolute Gasteiger partial charge is 0.481 e. The van der Waals surface area contributed by atoms with Gasteiger partial charge in [0.2, 0.25) is 5.90 Å². The van der Waals surface area contributed by atoms with Gasteiger partial charge in [0.15, 0.2) is 0 Å². The molecule has 8 heteroatoms. The zero-order valence-corrected chi connectivity index (χ0v) is 19.6. The van der Waals surface area contributed by atoms with Crippen molar-refractivity contribution < 1.29 is 13.9 Å². The highest BCUT2D eigenvalue weighted by Crippen LogP contribution is 2.30. The van der Waals surface area contributed by atoms with Gasteiger partial charge >= 0.3 is 0 Å². The van der Waals surface area contributed by atoms with Crippen LogP contribution in [0, 0.1) is 22.7 Å². The molecular formula is C26H32FN5O2. The van der Waals surface area contributed by atoms with Gasteiger partial charge in [-0.1, -0.05) is 30.3 Å². The first kappa shape index (κ1) is 25.1. The molecule has 34 heavy (non-hydrogen) atoms. The molecule has 0 aromatic heterocycles. The van der Waals surface area contributed by atoms with E-state index in [1.54, 1.807) is 12.3 Å². The van der Waals surface area contributed by atoms with Crippen molar-refractivity contribution in [2.24, 2.45) is 11.0 Å². The average Bonchev–Trinajstić information content (AvgIpc) is 3.67. The highest BCUT2D eigenvalue weighted by atomic mass is 19.1. The van der Waals surface area contributed by atoms with Gasteiger partial charge in [-0.3, -0.25) is 5.41 Å². The third kappa shape index (κ3) is 8.12. The number of hydrogen-bond acceptors (Lipinski definition) is 7. The summed E-state index contributed by atoms with van der Waals surface area (Å²) in [5, 5.41) is 18.1. The Labute approximate surface area is 200 Å². The number of benzene rings is 2. The maximum absolute atomic E-state index is 14.1. The van der Waals surface area contributed by atoms with Crippen LogP contribution in [-0.2, 0) is 16.1 Å². The van der Waals surface area contributed by atoms with E-state index in [4.69, 9.17) is 20.4 Å². The SMILES string of the molecule is COC(=N)/C=C(/C/C(=C/NCC1CC1)N=N)Nc1ccc(F)cc1[C@@H](C)OCc1ccccc1. The van der Waals surface area contributed by atoms with Crippen LogP contribution in [0.4, 0.5) is 10.1 Å². The summed E-state index contributed by atoms with van der Waals surface area (Å²) in [6, 6.07) is 14.3. The highest BCUT2D eigenvalue weighted by molar-refractivity contribution is 5.86. The summed E-state index contributed by atoms with van der Waals surface area (Å²) >= 11 is 0. The maximum atomic E-state index is 14.1. The summed E-state index contributed by atoms with van der Waals surface area (Å²) in [4.78, 5) is 0. The minimum Gasteiger partial charge on any atom is -0.481 e. The van der Waals surface area contributed by atoms with Crippen LogP contribution in [0.2, 0.25) is 0 Å². The predicted molar refractivity (Wildman–Crippen MR) is 131 cm³/mol. The van der Waals surface area contributed by atoms with Crippen molar-refractivity contribution >= 4 is 11.6 Å². The van der Waals surface area contributed by atoms with Crippen molar-refractivity contribution in [1.82, 2.24) is 5.32 Å². The van der Waals surface area contributed by atoms with Gasteiger partial charge in [0, 0.05) is 42.2 Å². The number of hydrogen-bond donors (Lipinski definition) is 4. The average molecular weight is 466 g/mol. The molecular weight excluding hydrogens is 433 g/mol. The lowest BCUT2D eigenvalue weighted by atomic mass is 10.1. The monoisotopic (exact) mass is 465 g/mol. The van der Waals surface area contributed by atoms with E-state index in [9.17, 15) is 4.39 Å². The van der Waals surface area contributed by atoms with Crippen molar-refractivity contribution in [2.45, 2.75) is 38.9 Å². The summed E-state index contributed by atoms with van der Waals surface area (Å²) < 4.78 is 25.2. The fraction of sp³-hybridized carbons (Fsp3) is 0.346. The fourth-order valence-corrected chi connectivity index (χ4v) is 3.37. The molecule has 0 amide bonds. The van der Waals surface area contributed by atoms with Crippen LogP contribution in [0.15, 0.2) is 77.3 Å². The van der Waals surface area contributed by atoms with Gasteiger partial charge in [-0.15, -0.1) is 0 Å². The zero-order valence-electron chi connectivity index (χ0n) is 19.6. The standard InChI is InChI=1S/C26H32FN5O2/c1-18(34-17-20-6-4-3-5-7-20)24-12-21(27)10-11-25(24)31-22(14-26(28)33-2)13-23(32-29)16-30-15-19-8-9-19/h3-7,10-12,14,16,18-19,28-31H,8-9,13,15,17H2,1-2H3/b22-14-,23-16-,28-26?,32-29?/t18-/m1/s1. The third-order valence-electron chi connectivity index (χ3n) is 5.50. The molecule has 1 fully saturated rings. The summed E-state index contributed by atoms with van der Waals surface area (Å²) in [5.41, 5.74) is 11.0. The van der Waals surface area contributed by atoms with Crippen molar-refractivity contribution in [2.75, 3.05) is 19.0 Å². The van der Waals surface area contributed by atoms with E-state index in [2.05, 4.69) is 15.7 Å². The molecule has 0 saturated heterocycles. The Hall–Kier alpha value is -3.52. The van der Waals surface area contributed by atoms with Crippen LogP contribution >= 0.6 is 0 Å².